The van der Waals surface area contributed by atoms with E-state index in [4.69, 9.17) is 10.5 Å². The molecular formula is C14H27NO2. The summed E-state index contributed by atoms with van der Waals surface area (Å²) in [6.07, 6.45) is 7.43. The van der Waals surface area contributed by atoms with Crippen molar-refractivity contribution in [1.29, 1.82) is 0 Å². The van der Waals surface area contributed by atoms with Crippen molar-refractivity contribution in [3.8, 4) is 0 Å². The van der Waals surface area contributed by atoms with Crippen LogP contribution in [0.2, 0.25) is 0 Å². The summed E-state index contributed by atoms with van der Waals surface area (Å²) in [6.45, 7) is 5.72. The Morgan fingerprint density at radius 1 is 1.35 bits per heavy atom. The van der Waals surface area contributed by atoms with Crippen LogP contribution in [0.5, 0.6) is 0 Å². The van der Waals surface area contributed by atoms with Crippen LogP contribution in [0.15, 0.2) is 0 Å². The second-order valence-corrected chi connectivity index (χ2v) is 6.27. The van der Waals surface area contributed by atoms with E-state index < -0.39 is 0 Å². The second kappa shape index (κ2) is 6.39. The first kappa shape index (κ1) is 14.5. The minimum atomic E-state index is -0.357. The number of hydrogen-bond acceptors (Lipinski definition) is 3. The third kappa shape index (κ3) is 6.67. The number of carbonyl (C=O) groups excluding carboxylic acids is 1. The van der Waals surface area contributed by atoms with Crippen molar-refractivity contribution in [3.63, 3.8) is 0 Å². The van der Waals surface area contributed by atoms with Crippen molar-refractivity contribution in [2.45, 2.75) is 77.4 Å². The minimum Gasteiger partial charge on any atom is -0.460 e. The molecule has 2 atom stereocenters. The number of hydrogen-bond donors (Lipinski definition) is 1. The molecule has 2 unspecified atom stereocenters. The Bertz CT molecular complexity index is 245. The van der Waals surface area contributed by atoms with Crippen molar-refractivity contribution in [3.05, 3.63) is 0 Å². The van der Waals surface area contributed by atoms with Crippen molar-refractivity contribution < 1.29 is 9.53 Å². The van der Waals surface area contributed by atoms with Crippen molar-refractivity contribution in [2.75, 3.05) is 0 Å². The van der Waals surface area contributed by atoms with Gasteiger partial charge >= 0.3 is 5.97 Å². The standard InChI is InChI=1S/C14H27NO2/c1-14(2,3)17-13(16)9-5-7-11-6-4-8-12(15)10-11/h11-12H,4-10,15H2,1-3H3. The van der Waals surface area contributed by atoms with Crippen molar-refractivity contribution >= 4 is 5.97 Å². The van der Waals surface area contributed by atoms with E-state index >= 15 is 0 Å². The SMILES string of the molecule is CC(C)(C)OC(=O)CCCC1CCCC(N)C1. The molecule has 0 aromatic rings. The van der Waals surface area contributed by atoms with Crippen LogP contribution in [0, 0.1) is 5.92 Å². The molecule has 0 aromatic heterocycles. The van der Waals surface area contributed by atoms with Gasteiger partial charge in [-0.05, 0) is 52.4 Å². The van der Waals surface area contributed by atoms with Gasteiger partial charge in [0.1, 0.15) is 5.60 Å². The quantitative estimate of drug-likeness (QED) is 0.770. The van der Waals surface area contributed by atoms with E-state index in [9.17, 15) is 4.79 Å². The van der Waals surface area contributed by atoms with Gasteiger partial charge in [0.25, 0.3) is 0 Å². The van der Waals surface area contributed by atoms with Gasteiger partial charge in [0.2, 0.25) is 0 Å². The van der Waals surface area contributed by atoms with Crippen molar-refractivity contribution in [2.24, 2.45) is 11.7 Å². The summed E-state index contributed by atoms with van der Waals surface area (Å²) in [6, 6.07) is 0.385. The molecule has 3 nitrogen and oxygen atoms in total. The van der Waals surface area contributed by atoms with E-state index in [1.165, 1.54) is 19.3 Å². The molecule has 100 valence electrons. The van der Waals surface area contributed by atoms with E-state index in [0.29, 0.717) is 12.5 Å². The van der Waals surface area contributed by atoms with E-state index in [2.05, 4.69) is 0 Å². The molecular weight excluding hydrogens is 214 g/mol. The average Bonchev–Trinajstić information content (AvgIpc) is 2.14. The molecule has 0 amide bonds. The van der Waals surface area contributed by atoms with Crippen molar-refractivity contribution in [1.82, 2.24) is 0 Å². The van der Waals surface area contributed by atoms with Crippen LogP contribution < -0.4 is 5.73 Å². The maximum absolute atomic E-state index is 11.5. The van der Waals surface area contributed by atoms with Gasteiger partial charge in [-0.15, -0.1) is 0 Å². The Balaban J connectivity index is 2.13. The molecule has 17 heavy (non-hydrogen) atoms. The zero-order valence-corrected chi connectivity index (χ0v) is 11.5. The summed E-state index contributed by atoms with van der Waals surface area (Å²) in [5.74, 6) is 0.652. The molecule has 0 aliphatic heterocycles. The first-order chi connectivity index (χ1) is 7.87. The van der Waals surface area contributed by atoms with E-state index in [0.717, 1.165) is 25.2 Å². The Labute approximate surface area is 105 Å². The minimum absolute atomic E-state index is 0.0717. The molecule has 0 radical (unpaired) electrons. The lowest BCUT2D eigenvalue weighted by atomic mass is 9.83. The van der Waals surface area contributed by atoms with Gasteiger partial charge in [0.05, 0.1) is 0 Å². The van der Waals surface area contributed by atoms with E-state index in [-0.39, 0.29) is 11.6 Å². The van der Waals surface area contributed by atoms with Crippen LogP contribution in [-0.4, -0.2) is 17.6 Å². The Morgan fingerprint density at radius 3 is 2.65 bits per heavy atom. The number of carbonyl (C=O) groups is 1. The molecule has 2 N–H and O–H groups in total. The molecule has 1 aliphatic rings. The Morgan fingerprint density at radius 2 is 2.06 bits per heavy atom. The van der Waals surface area contributed by atoms with Gasteiger partial charge < -0.3 is 10.5 Å². The molecule has 1 fully saturated rings. The molecule has 0 heterocycles. The molecule has 0 aromatic carbocycles. The van der Waals surface area contributed by atoms with Crippen LogP contribution in [0.4, 0.5) is 0 Å². The number of rotatable bonds is 4. The van der Waals surface area contributed by atoms with E-state index in [1.54, 1.807) is 0 Å². The highest BCUT2D eigenvalue weighted by atomic mass is 16.6. The zero-order chi connectivity index (χ0) is 12.9. The highest BCUT2D eigenvalue weighted by molar-refractivity contribution is 5.69. The Kier molecular flexibility index (Phi) is 5.44. The van der Waals surface area contributed by atoms with Gasteiger partial charge in [-0.1, -0.05) is 12.8 Å². The third-order valence-electron chi connectivity index (χ3n) is 3.24. The highest BCUT2D eigenvalue weighted by Crippen LogP contribution is 2.27. The normalized spacial score (nSPS) is 25.6. The molecule has 0 saturated heterocycles. The summed E-state index contributed by atoms with van der Waals surface area (Å²) in [4.78, 5) is 11.5. The Hall–Kier alpha value is -0.570. The van der Waals surface area contributed by atoms with Crippen LogP contribution >= 0.6 is 0 Å². The average molecular weight is 241 g/mol. The first-order valence-corrected chi connectivity index (χ1v) is 6.84. The predicted molar refractivity (Wildman–Crippen MR) is 69.6 cm³/mol. The molecule has 0 spiro atoms. The lowest BCUT2D eigenvalue weighted by Crippen LogP contribution is -2.28. The summed E-state index contributed by atoms with van der Waals surface area (Å²) >= 11 is 0. The van der Waals surface area contributed by atoms with E-state index in [1.807, 2.05) is 20.8 Å². The van der Waals surface area contributed by atoms with Crippen LogP contribution in [0.1, 0.15) is 65.7 Å². The van der Waals surface area contributed by atoms with Gasteiger partial charge in [-0.2, -0.15) is 0 Å². The molecule has 3 heteroatoms. The molecule has 0 bridgehead atoms. The van der Waals surface area contributed by atoms with Crippen LogP contribution in [0.25, 0.3) is 0 Å². The summed E-state index contributed by atoms with van der Waals surface area (Å²) in [5, 5.41) is 0. The molecule has 1 saturated carbocycles. The third-order valence-corrected chi connectivity index (χ3v) is 3.24. The topological polar surface area (TPSA) is 52.3 Å². The van der Waals surface area contributed by atoms with Gasteiger partial charge in [-0.25, -0.2) is 0 Å². The number of ether oxygens (including phenoxy) is 1. The number of esters is 1. The largest absolute Gasteiger partial charge is 0.460 e. The van der Waals surface area contributed by atoms with Gasteiger partial charge in [-0.3, -0.25) is 4.79 Å². The fraction of sp³-hybridized carbons (Fsp3) is 0.929. The maximum Gasteiger partial charge on any atom is 0.306 e. The fourth-order valence-electron chi connectivity index (χ4n) is 2.52. The summed E-state index contributed by atoms with van der Waals surface area (Å²) in [5.41, 5.74) is 5.59. The predicted octanol–water partition coefficient (Wildman–Crippen LogP) is 3.02. The second-order valence-electron chi connectivity index (χ2n) is 6.27. The smallest absolute Gasteiger partial charge is 0.306 e. The zero-order valence-electron chi connectivity index (χ0n) is 11.5. The summed E-state index contributed by atoms with van der Waals surface area (Å²) < 4.78 is 5.28. The lowest BCUT2D eigenvalue weighted by Gasteiger charge is -2.26. The van der Waals surface area contributed by atoms with Gasteiger partial charge in [0.15, 0.2) is 0 Å². The lowest BCUT2D eigenvalue weighted by molar-refractivity contribution is -0.154. The summed E-state index contributed by atoms with van der Waals surface area (Å²) in [7, 11) is 0. The van der Waals surface area contributed by atoms with Crippen LogP contribution in [-0.2, 0) is 9.53 Å². The highest BCUT2D eigenvalue weighted by Gasteiger charge is 2.20. The maximum atomic E-state index is 11.5. The monoisotopic (exact) mass is 241 g/mol. The van der Waals surface area contributed by atoms with Crippen LogP contribution in [0.3, 0.4) is 0 Å². The number of nitrogens with two attached hydrogens (primary N) is 1. The first-order valence-electron chi connectivity index (χ1n) is 6.84. The molecule has 1 rings (SSSR count). The fourth-order valence-corrected chi connectivity index (χ4v) is 2.52. The van der Waals surface area contributed by atoms with Gasteiger partial charge in [0, 0.05) is 12.5 Å². The molecule has 1 aliphatic carbocycles.